The van der Waals surface area contributed by atoms with E-state index in [1.807, 2.05) is 18.4 Å². The van der Waals surface area contributed by atoms with Crippen LogP contribution >= 0.6 is 11.3 Å². The molecule has 1 aromatic rings. The van der Waals surface area contributed by atoms with E-state index in [9.17, 15) is 8.42 Å². The van der Waals surface area contributed by atoms with Crippen molar-refractivity contribution in [2.45, 2.75) is 13.3 Å². The molecule has 8 heteroatoms. The highest BCUT2D eigenvalue weighted by molar-refractivity contribution is 7.89. The molecule has 1 heterocycles. The number of nitrogens with zero attached hydrogens (tertiary/aromatic N) is 1. The van der Waals surface area contributed by atoms with Crippen molar-refractivity contribution >= 4 is 27.3 Å². The van der Waals surface area contributed by atoms with Crippen molar-refractivity contribution in [2.75, 3.05) is 25.4 Å². The third kappa shape index (κ3) is 7.81. The first kappa shape index (κ1) is 15.9. The summed E-state index contributed by atoms with van der Waals surface area (Å²) < 4.78 is 21.6. The number of nitrogens with one attached hydrogen (secondary N) is 2. The lowest BCUT2D eigenvalue weighted by molar-refractivity contribution is 0.597. The van der Waals surface area contributed by atoms with Crippen LogP contribution in [-0.2, 0) is 16.4 Å². The number of guanidine groups is 1. The second kappa shape index (κ2) is 8.13. The molecule has 0 aromatic carbocycles. The summed E-state index contributed by atoms with van der Waals surface area (Å²) in [5.74, 6) is 0.469. The molecular formula is C11H20N4O2S2. The average molecular weight is 304 g/mol. The number of nitrogens with two attached hydrogens (primary N) is 1. The number of rotatable bonds is 7. The molecule has 4 N–H and O–H groups in total. The van der Waals surface area contributed by atoms with Crippen molar-refractivity contribution in [3.8, 4) is 0 Å². The molecule has 0 amide bonds. The number of sulfonamides is 1. The molecule has 0 spiro atoms. The van der Waals surface area contributed by atoms with Crippen LogP contribution in [0.4, 0.5) is 0 Å². The molecule has 0 unspecified atom stereocenters. The zero-order chi connectivity index (χ0) is 14.1. The quantitative estimate of drug-likeness (QED) is 0.493. The predicted octanol–water partition coefficient (Wildman–Crippen LogP) is 0.134. The van der Waals surface area contributed by atoms with Gasteiger partial charge in [-0.1, -0.05) is 6.07 Å². The minimum absolute atomic E-state index is 0.144. The minimum Gasteiger partial charge on any atom is -0.357 e. The lowest BCUT2D eigenvalue weighted by atomic mass is 10.3. The van der Waals surface area contributed by atoms with E-state index in [0.717, 1.165) is 19.5 Å². The maximum absolute atomic E-state index is 10.8. The van der Waals surface area contributed by atoms with E-state index in [4.69, 9.17) is 5.14 Å². The van der Waals surface area contributed by atoms with E-state index in [1.165, 1.54) is 4.88 Å². The highest BCUT2D eigenvalue weighted by Crippen LogP contribution is 2.07. The van der Waals surface area contributed by atoms with Crippen molar-refractivity contribution in [3.63, 3.8) is 0 Å². The third-order valence-electron chi connectivity index (χ3n) is 2.23. The Hall–Kier alpha value is -1.12. The fourth-order valence-electron chi connectivity index (χ4n) is 1.39. The van der Waals surface area contributed by atoms with Crippen LogP contribution in [0.3, 0.4) is 0 Å². The largest absolute Gasteiger partial charge is 0.357 e. The second-order valence-electron chi connectivity index (χ2n) is 3.88. The summed E-state index contributed by atoms with van der Waals surface area (Å²) in [5.41, 5.74) is 0. The summed E-state index contributed by atoms with van der Waals surface area (Å²) in [4.78, 5) is 5.46. The van der Waals surface area contributed by atoms with Gasteiger partial charge in [0.1, 0.15) is 0 Å². The summed E-state index contributed by atoms with van der Waals surface area (Å²) in [6.07, 6.45) is 0.914. The van der Waals surface area contributed by atoms with Gasteiger partial charge in [0.05, 0.1) is 12.3 Å². The molecule has 1 aromatic heterocycles. The predicted molar refractivity (Wildman–Crippen MR) is 80.0 cm³/mol. The van der Waals surface area contributed by atoms with Crippen LogP contribution in [-0.4, -0.2) is 39.8 Å². The fourth-order valence-corrected chi connectivity index (χ4v) is 2.44. The number of aliphatic imine (C=N–C) groups is 1. The lowest BCUT2D eigenvalue weighted by Crippen LogP contribution is -2.38. The van der Waals surface area contributed by atoms with Crippen molar-refractivity contribution in [3.05, 3.63) is 22.4 Å². The highest BCUT2D eigenvalue weighted by Gasteiger charge is 2.02. The Morgan fingerprint density at radius 1 is 1.47 bits per heavy atom. The number of hydrogen-bond donors (Lipinski definition) is 3. The van der Waals surface area contributed by atoms with Crippen molar-refractivity contribution in [1.29, 1.82) is 0 Å². The minimum atomic E-state index is -3.45. The van der Waals surface area contributed by atoms with Gasteiger partial charge in [0.15, 0.2) is 5.96 Å². The Morgan fingerprint density at radius 2 is 2.26 bits per heavy atom. The topological polar surface area (TPSA) is 96.6 Å². The molecule has 108 valence electrons. The molecule has 0 radical (unpaired) electrons. The molecule has 0 aliphatic rings. The van der Waals surface area contributed by atoms with Gasteiger partial charge in [-0.25, -0.2) is 13.6 Å². The van der Waals surface area contributed by atoms with Gasteiger partial charge in [0.25, 0.3) is 0 Å². The Bertz CT molecular complexity index is 483. The van der Waals surface area contributed by atoms with Crippen LogP contribution in [0.5, 0.6) is 0 Å². The molecule has 0 saturated heterocycles. The van der Waals surface area contributed by atoms with Gasteiger partial charge in [-0.15, -0.1) is 11.3 Å². The Kier molecular flexibility index (Phi) is 6.82. The molecule has 6 nitrogen and oxygen atoms in total. The molecule has 19 heavy (non-hydrogen) atoms. The van der Waals surface area contributed by atoms with Gasteiger partial charge in [0, 0.05) is 18.0 Å². The SMILES string of the molecule is CCNC(=NCCS(N)(=O)=O)NCCc1cccs1. The maximum Gasteiger partial charge on any atom is 0.210 e. The lowest BCUT2D eigenvalue weighted by Gasteiger charge is -2.10. The molecule has 0 aliphatic heterocycles. The van der Waals surface area contributed by atoms with Gasteiger partial charge in [-0.3, -0.25) is 4.99 Å². The van der Waals surface area contributed by atoms with Gasteiger partial charge >= 0.3 is 0 Å². The van der Waals surface area contributed by atoms with E-state index in [1.54, 1.807) is 11.3 Å². The van der Waals surface area contributed by atoms with E-state index in [0.29, 0.717) is 5.96 Å². The van der Waals surface area contributed by atoms with Gasteiger partial charge in [-0.05, 0) is 24.8 Å². The van der Waals surface area contributed by atoms with Crippen molar-refractivity contribution in [1.82, 2.24) is 10.6 Å². The zero-order valence-electron chi connectivity index (χ0n) is 10.9. The summed E-state index contributed by atoms with van der Waals surface area (Å²) in [5, 5.41) is 13.2. The fraction of sp³-hybridized carbons (Fsp3) is 0.545. The number of thiophene rings is 1. The van der Waals surface area contributed by atoms with Gasteiger partial charge in [0.2, 0.25) is 10.0 Å². The normalized spacial score (nSPS) is 12.4. The van der Waals surface area contributed by atoms with E-state index in [2.05, 4.69) is 21.7 Å². The first-order valence-corrected chi connectivity index (χ1v) is 8.66. The summed E-state index contributed by atoms with van der Waals surface area (Å²) in [6, 6.07) is 4.10. The van der Waals surface area contributed by atoms with Crippen LogP contribution in [0.2, 0.25) is 0 Å². The van der Waals surface area contributed by atoms with Crippen molar-refractivity contribution in [2.24, 2.45) is 10.1 Å². The van der Waals surface area contributed by atoms with Crippen LogP contribution in [0.15, 0.2) is 22.5 Å². The van der Waals surface area contributed by atoms with E-state index in [-0.39, 0.29) is 12.3 Å². The monoisotopic (exact) mass is 304 g/mol. The average Bonchev–Trinajstić information content (AvgIpc) is 2.80. The van der Waals surface area contributed by atoms with Crippen LogP contribution in [0.1, 0.15) is 11.8 Å². The van der Waals surface area contributed by atoms with Crippen LogP contribution in [0.25, 0.3) is 0 Å². The summed E-state index contributed by atoms with van der Waals surface area (Å²) >= 11 is 1.71. The first-order chi connectivity index (χ1) is 9.01. The highest BCUT2D eigenvalue weighted by atomic mass is 32.2. The number of hydrogen-bond acceptors (Lipinski definition) is 4. The Labute approximate surface area is 118 Å². The van der Waals surface area contributed by atoms with Gasteiger partial charge < -0.3 is 10.6 Å². The summed E-state index contributed by atoms with van der Waals surface area (Å²) in [6.45, 7) is 3.59. The molecule has 0 saturated carbocycles. The van der Waals surface area contributed by atoms with Gasteiger partial charge in [-0.2, -0.15) is 0 Å². The van der Waals surface area contributed by atoms with E-state index >= 15 is 0 Å². The Balaban J connectivity index is 2.36. The second-order valence-corrected chi connectivity index (χ2v) is 6.65. The van der Waals surface area contributed by atoms with E-state index < -0.39 is 10.0 Å². The molecule has 1 rings (SSSR count). The standard InChI is InChI=1S/C11H20N4O2S2/c1-2-13-11(15-7-9-19(12,16)17)14-6-5-10-4-3-8-18-10/h3-4,8H,2,5-7,9H2,1H3,(H2,12,16,17)(H2,13,14,15). The van der Waals surface area contributed by atoms with Crippen LogP contribution in [0, 0.1) is 0 Å². The van der Waals surface area contributed by atoms with Crippen LogP contribution < -0.4 is 15.8 Å². The molecule has 0 aliphatic carbocycles. The molecular weight excluding hydrogens is 284 g/mol. The first-order valence-electron chi connectivity index (χ1n) is 6.06. The molecule has 0 bridgehead atoms. The molecule has 0 atom stereocenters. The molecule has 0 fully saturated rings. The smallest absolute Gasteiger partial charge is 0.210 e. The summed E-state index contributed by atoms with van der Waals surface area (Å²) in [7, 11) is -3.45. The maximum atomic E-state index is 10.8. The number of primary sulfonamides is 1. The zero-order valence-corrected chi connectivity index (χ0v) is 12.6. The Morgan fingerprint density at radius 3 is 2.84 bits per heavy atom. The van der Waals surface area contributed by atoms with Crippen molar-refractivity contribution < 1.29 is 8.42 Å². The third-order valence-corrected chi connectivity index (χ3v) is 3.92.